The molecule has 3 N–H and O–H groups in total. The fourth-order valence-corrected chi connectivity index (χ4v) is 3.67. The molecule has 3 aromatic rings. The smallest absolute Gasteiger partial charge is 0.389 e. The summed E-state index contributed by atoms with van der Waals surface area (Å²) in [7, 11) is 0. The first-order chi connectivity index (χ1) is 15.1. The van der Waals surface area contributed by atoms with E-state index < -0.39 is 36.1 Å². The highest BCUT2D eigenvalue weighted by atomic mass is 19.4. The van der Waals surface area contributed by atoms with Crippen molar-refractivity contribution < 1.29 is 27.5 Å². The normalized spacial score (nSPS) is 19.1. The van der Waals surface area contributed by atoms with Gasteiger partial charge in [-0.2, -0.15) is 18.3 Å². The van der Waals surface area contributed by atoms with E-state index in [1.807, 2.05) is 0 Å². The van der Waals surface area contributed by atoms with Gasteiger partial charge in [0, 0.05) is 18.2 Å². The zero-order chi connectivity index (χ0) is 23.0. The molecule has 32 heavy (non-hydrogen) atoms. The average Bonchev–Trinajstić information content (AvgIpc) is 3.17. The van der Waals surface area contributed by atoms with Crippen LogP contribution < -0.4 is 10.6 Å². The molecule has 1 aliphatic rings. The van der Waals surface area contributed by atoms with Crippen LogP contribution >= 0.6 is 0 Å². The molecule has 1 amide bonds. The highest BCUT2D eigenvalue weighted by molar-refractivity contribution is 6.03. The predicted octanol–water partition coefficient (Wildman–Crippen LogP) is 4.99. The molecule has 10 heteroatoms. The molecular weight excluding hydrogens is 428 g/mol. The van der Waals surface area contributed by atoms with Gasteiger partial charge in [-0.3, -0.25) is 4.79 Å². The molecule has 0 saturated carbocycles. The minimum atomic E-state index is -4.60. The number of aromatic nitrogens is 2. The number of benzene rings is 2. The van der Waals surface area contributed by atoms with E-state index in [0.717, 1.165) is 4.68 Å². The Morgan fingerprint density at radius 1 is 1.22 bits per heavy atom. The van der Waals surface area contributed by atoms with E-state index in [9.17, 15) is 27.5 Å². The highest BCUT2D eigenvalue weighted by Gasteiger charge is 2.46. The zero-order valence-corrected chi connectivity index (χ0v) is 16.9. The van der Waals surface area contributed by atoms with Gasteiger partial charge in [-0.05, 0) is 42.3 Å². The van der Waals surface area contributed by atoms with Crippen LogP contribution in [-0.2, 0) is 0 Å². The second kappa shape index (κ2) is 8.27. The van der Waals surface area contributed by atoms with E-state index in [-0.39, 0.29) is 17.9 Å². The number of anilines is 2. The summed E-state index contributed by atoms with van der Waals surface area (Å²) in [5.74, 6) is -1.13. The first-order valence-corrected chi connectivity index (χ1v) is 9.89. The van der Waals surface area contributed by atoms with Crippen molar-refractivity contribution in [2.75, 3.05) is 10.6 Å². The van der Waals surface area contributed by atoms with Crippen molar-refractivity contribution in [3.8, 4) is 0 Å². The maximum atomic E-state index is 13.8. The molecule has 6 nitrogen and oxygen atoms in total. The minimum absolute atomic E-state index is 0.0378. The molecule has 1 aliphatic heterocycles. The summed E-state index contributed by atoms with van der Waals surface area (Å²) in [6, 6.07) is 10.3. The Morgan fingerprint density at radius 2 is 1.94 bits per heavy atom. The second-order valence-corrected chi connectivity index (χ2v) is 7.66. The predicted molar refractivity (Wildman–Crippen MR) is 110 cm³/mol. The van der Waals surface area contributed by atoms with Crippen molar-refractivity contribution >= 4 is 17.4 Å². The molecule has 0 fully saturated rings. The number of carbonyl (C=O) groups is 1. The number of nitrogens with zero attached hydrogens (tertiary/aromatic N) is 2. The molecule has 168 valence electrons. The molecule has 0 radical (unpaired) electrons. The van der Waals surface area contributed by atoms with Gasteiger partial charge in [0.25, 0.3) is 5.91 Å². The van der Waals surface area contributed by atoms with Crippen LogP contribution in [-0.4, -0.2) is 27.0 Å². The quantitative estimate of drug-likeness (QED) is 0.492. The van der Waals surface area contributed by atoms with E-state index in [4.69, 9.17) is 0 Å². The number of rotatable bonds is 4. The molecule has 1 aromatic heterocycles. The van der Waals surface area contributed by atoms with E-state index in [0.29, 0.717) is 16.8 Å². The van der Waals surface area contributed by atoms with Gasteiger partial charge in [-0.15, -0.1) is 0 Å². The van der Waals surface area contributed by atoms with Crippen molar-refractivity contribution in [2.45, 2.75) is 37.7 Å². The van der Waals surface area contributed by atoms with Crippen LogP contribution in [0.15, 0.2) is 54.6 Å². The molecule has 0 saturated heterocycles. The molecular formula is C22H20F4N4O2. The number of aliphatic hydroxyl groups is 1. The van der Waals surface area contributed by atoms with E-state index >= 15 is 0 Å². The van der Waals surface area contributed by atoms with Gasteiger partial charge in [-0.25, -0.2) is 9.07 Å². The summed E-state index contributed by atoms with van der Waals surface area (Å²) in [5.41, 5.74) is 1.26. The van der Waals surface area contributed by atoms with Crippen LogP contribution in [0.25, 0.3) is 0 Å². The molecule has 0 aliphatic carbocycles. The summed E-state index contributed by atoms with van der Waals surface area (Å²) in [4.78, 5) is 12.7. The number of amides is 1. The Balaban J connectivity index is 1.62. The lowest BCUT2D eigenvalue weighted by atomic mass is 9.97. The Morgan fingerprint density at radius 3 is 2.59 bits per heavy atom. The average molecular weight is 448 g/mol. The summed E-state index contributed by atoms with van der Waals surface area (Å²) in [6.07, 6.45) is -5.70. The summed E-state index contributed by atoms with van der Waals surface area (Å²) < 4.78 is 55.3. The molecule has 2 aromatic carbocycles. The number of aliphatic hydroxyl groups excluding tert-OH is 1. The number of carbonyl (C=O) groups excluding carboxylic acids is 1. The number of alkyl halides is 3. The Kier molecular flexibility index (Phi) is 5.64. The van der Waals surface area contributed by atoms with Crippen molar-refractivity contribution in [3.05, 3.63) is 77.2 Å². The van der Waals surface area contributed by atoms with Gasteiger partial charge in [0.2, 0.25) is 0 Å². The molecule has 4 rings (SSSR count). The van der Waals surface area contributed by atoms with E-state index in [1.54, 1.807) is 31.2 Å². The third kappa shape index (κ3) is 4.45. The maximum absolute atomic E-state index is 13.8. The highest BCUT2D eigenvalue weighted by Crippen LogP contribution is 2.43. The van der Waals surface area contributed by atoms with Crippen molar-refractivity contribution in [1.82, 2.24) is 9.78 Å². The Hall–Kier alpha value is -3.40. The lowest BCUT2D eigenvalue weighted by Crippen LogP contribution is -2.35. The third-order valence-corrected chi connectivity index (χ3v) is 5.32. The molecule has 2 heterocycles. The largest absolute Gasteiger partial charge is 0.410 e. The summed E-state index contributed by atoms with van der Waals surface area (Å²) >= 11 is 0. The summed E-state index contributed by atoms with van der Waals surface area (Å²) in [5, 5.41) is 19.1. The van der Waals surface area contributed by atoms with E-state index in [2.05, 4.69) is 15.7 Å². The number of nitrogens with one attached hydrogen (secondary N) is 2. The Bertz CT molecular complexity index is 1130. The molecule has 0 bridgehead atoms. The van der Waals surface area contributed by atoms with Crippen molar-refractivity contribution in [3.63, 3.8) is 0 Å². The minimum Gasteiger partial charge on any atom is -0.389 e. The molecule has 0 unspecified atom stereocenters. The SMILES string of the molecule is C[C@@H](O)c1cccc(NC(=O)c2cc3n(n2)[C@@H](C(F)(F)F)C[C@H](c2ccc(F)cc2)N3)c1. The molecule has 3 atom stereocenters. The number of hydrogen-bond donors (Lipinski definition) is 3. The van der Waals surface area contributed by atoms with Gasteiger partial charge in [0.1, 0.15) is 11.6 Å². The van der Waals surface area contributed by atoms with Crippen molar-refractivity contribution in [2.24, 2.45) is 0 Å². The monoisotopic (exact) mass is 448 g/mol. The van der Waals surface area contributed by atoms with Crippen LogP contribution in [0, 0.1) is 5.82 Å². The van der Waals surface area contributed by atoms with Gasteiger partial charge >= 0.3 is 6.18 Å². The lowest BCUT2D eigenvalue weighted by Gasteiger charge is -2.33. The van der Waals surface area contributed by atoms with Gasteiger partial charge in [0.15, 0.2) is 11.7 Å². The van der Waals surface area contributed by atoms with Crippen LogP contribution in [0.5, 0.6) is 0 Å². The van der Waals surface area contributed by atoms with Gasteiger partial charge < -0.3 is 15.7 Å². The second-order valence-electron chi connectivity index (χ2n) is 7.66. The maximum Gasteiger partial charge on any atom is 0.410 e. The van der Waals surface area contributed by atoms with E-state index in [1.165, 1.54) is 30.3 Å². The van der Waals surface area contributed by atoms with Crippen LogP contribution in [0.4, 0.5) is 29.1 Å². The fraction of sp³-hybridized carbons (Fsp3) is 0.273. The molecule has 0 spiro atoms. The standard InChI is InChI=1S/C22H20F4N4O2/c1-12(31)14-3-2-4-16(9-14)27-21(32)18-11-20-28-17(13-5-7-15(23)8-6-13)10-19(22(24,25)26)30(20)29-18/h2-9,11-12,17,19,28,31H,10H2,1H3,(H,27,32)/t12-,17-,19-/m1/s1. The topological polar surface area (TPSA) is 79.2 Å². The Labute approximate surface area is 180 Å². The summed E-state index contributed by atoms with van der Waals surface area (Å²) in [6.45, 7) is 1.57. The first kappa shape index (κ1) is 21.8. The lowest BCUT2D eigenvalue weighted by molar-refractivity contribution is -0.173. The van der Waals surface area contributed by atoms with Crippen molar-refractivity contribution in [1.29, 1.82) is 0 Å². The van der Waals surface area contributed by atoms with Crippen LogP contribution in [0.2, 0.25) is 0 Å². The van der Waals surface area contributed by atoms with Crippen LogP contribution in [0.1, 0.15) is 53.1 Å². The number of hydrogen-bond acceptors (Lipinski definition) is 4. The zero-order valence-electron chi connectivity index (χ0n) is 16.9. The van der Waals surface area contributed by atoms with Gasteiger partial charge in [0.05, 0.1) is 12.1 Å². The fourth-order valence-electron chi connectivity index (χ4n) is 3.67. The third-order valence-electron chi connectivity index (χ3n) is 5.32. The van der Waals surface area contributed by atoms with Crippen LogP contribution in [0.3, 0.4) is 0 Å². The number of fused-ring (bicyclic) bond motifs is 1. The van der Waals surface area contributed by atoms with Gasteiger partial charge in [-0.1, -0.05) is 24.3 Å². The number of halogens is 4. The first-order valence-electron chi connectivity index (χ1n) is 9.89.